The quantitative estimate of drug-likeness (QED) is 0.291. The van der Waals surface area contributed by atoms with Crippen LogP contribution >= 0.6 is 23.2 Å². The van der Waals surface area contributed by atoms with Gasteiger partial charge in [-0.15, -0.1) is 0 Å². The van der Waals surface area contributed by atoms with Crippen LogP contribution in [0.4, 0.5) is 10.1 Å². The average molecular weight is 609 g/mol. The zero-order chi connectivity index (χ0) is 29.6. The summed E-state index contributed by atoms with van der Waals surface area (Å²) < 4.78 is 42.2. The van der Waals surface area contributed by atoms with Crippen molar-refractivity contribution in [1.82, 2.24) is 10.2 Å². The van der Waals surface area contributed by atoms with Gasteiger partial charge in [-0.25, -0.2) is 12.8 Å². The highest BCUT2D eigenvalue weighted by atomic mass is 35.5. The lowest BCUT2D eigenvalue weighted by Crippen LogP contribution is -2.52. The average Bonchev–Trinajstić information content (AvgIpc) is 2.92. The third-order valence-corrected chi connectivity index (χ3v) is 9.11. The summed E-state index contributed by atoms with van der Waals surface area (Å²) >= 11 is 12.7. The Morgan fingerprint density at radius 2 is 1.60 bits per heavy atom. The molecule has 40 heavy (non-hydrogen) atoms. The zero-order valence-corrected chi connectivity index (χ0v) is 25.0. The molecule has 0 aliphatic rings. The largest absolute Gasteiger partial charge is 0.352 e. The number of carbonyl (C=O) groups is 2. The van der Waals surface area contributed by atoms with E-state index in [1.165, 1.54) is 59.5 Å². The van der Waals surface area contributed by atoms with Crippen LogP contribution in [-0.4, -0.2) is 43.8 Å². The van der Waals surface area contributed by atoms with E-state index >= 15 is 0 Å². The van der Waals surface area contributed by atoms with Crippen molar-refractivity contribution >= 4 is 50.7 Å². The van der Waals surface area contributed by atoms with Crippen LogP contribution in [0.1, 0.15) is 38.3 Å². The molecule has 0 aromatic heterocycles. The molecule has 2 atom stereocenters. The highest BCUT2D eigenvalue weighted by Crippen LogP contribution is 2.35. The third-order valence-electron chi connectivity index (χ3n) is 6.52. The highest BCUT2D eigenvalue weighted by molar-refractivity contribution is 7.92. The maximum Gasteiger partial charge on any atom is 0.264 e. The molecule has 11 heteroatoms. The summed E-state index contributed by atoms with van der Waals surface area (Å²) in [5, 5.41) is 2.93. The summed E-state index contributed by atoms with van der Waals surface area (Å²) in [7, 11) is -4.29. The molecule has 0 fully saturated rings. The SMILES string of the molecule is CCC(C)NC(=O)C(C)N(Cc1ccc(F)cc1)C(=O)CN(c1cccc(Cl)c1Cl)S(=O)(=O)c1ccc(C)cc1. The number of anilines is 1. The topological polar surface area (TPSA) is 86.8 Å². The number of hydrogen-bond acceptors (Lipinski definition) is 4. The smallest absolute Gasteiger partial charge is 0.264 e. The number of nitrogens with zero attached hydrogens (tertiary/aromatic N) is 2. The molecular weight excluding hydrogens is 576 g/mol. The van der Waals surface area contributed by atoms with Gasteiger partial charge in [-0.3, -0.25) is 13.9 Å². The van der Waals surface area contributed by atoms with Crippen LogP contribution in [0.5, 0.6) is 0 Å². The zero-order valence-electron chi connectivity index (χ0n) is 22.7. The number of amides is 2. The minimum Gasteiger partial charge on any atom is -0.352 e. The Bertz CT molecular complexity index is 1450. The van der Waals surface area contributed by atoms with E-state index < -0.39 is 40.2 Å². The maximum atomic E-state index is 13.9. The van der Waals surface area contributed by atoms with Gasteiger partial charge >= 0.3 is 0 Å². The minimum absolute atomic E-state index is 0.0153. The van der Waals surface area contributed by atoms with Crippen LogP contribution in [0.2, 0.25) is 10.0 Å². The van der Waals surface area contributed by atoms with Gasteiger partial charge in [0.25, 0.3) is 10.0 Å². The van der Waals surface area contributed by atoms with Gasteiger partial charge in [0.2, 0.25) is 11.8 Å². The van der Waals surface area contributed by atoms with Crippen molar-refractivity contribution in [3.63, 3.8) is 0 Å². The summed E-state index contributed by atoms with van der Waals surface area (Å²) in [5.41, 5.74) is 1.43. The highest BCUT2D eigenvalue weighted by Gasteiger charge is 2.34. The number of aryl methyl sites for hydroxylation is 1. The van der Waals surface area contributed by atoms with E-state index in [1.807, 2.05) is 20.8 Å². The Kier molecular flexibility index (Phi) is 10.6. The van der Waals surface area contributed by atoms with Crippen LogP contribution in [-0.2, 0) is 26.2 Å². The fourth-order valence-corrected chi connectivity index (χ4v) is 5.74. The van der Waals surface area contributed by atoms with E-state index in [0.29, 0.717) is 12.0 Å². The minimum atomic E-state index is -4.29. The predicted octanol–water partition coefficient (Wildman–Crippen LogP) is 5.97. The van der Waals surface area contributed by atoms with Gasteiger partial charge in [-0.1, -0.05) is 66.0 Å². The van der Waals surface area contributed by atoms with Gasteiger partial charge in [-0.05, 0) is 69.2 Å². The van der Waals surface area contributed by atoms with Crippen molar-refractivity contribution in [2.45, 2.75) is 57.6 Å². The van der Waals surface area contributed by atoms with Crippen LogP contribution in [0.3, 0.4) is 0 Å². The molecule has 2 amide bonds. The Morgan fingerprint density at radius 3 is 2.20 bits per heavy atom. The molecular formula is C29H32Cl2FN3O4S. The molecule has 3 rings (SSSR count). The van der Waals surface area contributed by atoms with Crippen LogP contribution in [0.15, 0.2) is 71.6 Å². The van der Waals surface area contributed by atoms with Crippen molar-refractivity contribution in [1.29, 1.82) is 0 Å². The van der Waals surface area contributed by atoms with Gasteiger partial charge in [-0.2, -0.15) is 0 Å². The second-order valence-corrected chi connectivity index (χ2v) is 12.2. The van der Waals surface area contributed by atoms with Crippen molar-refractivity contribution in [2.75, 3.05) is 10.8 Å². The van der Waals surface area contributed by atoms with Crippen molar-refractivity contribution in [2.24, 2.45) is 0 Å². The van der Waals surface area contributed by atoms with E-state index in [0.717, 1.165) is 9.87 Å². The number of halogens is 3. The molecule has 0 saturated carbocycles. The molecule has 0 radical (unpaired) electrons. The first-order chi connectivity index (χ1) is 18.8. The van der Waals surface area contributed by atoms with E-state index in [1.54, 1.807) is 19.1 Å². The summed E-state index contributed by atoms with van der Waals surface area (Å²) in [4.78, 5) is 28.2. The number of carbonyl (C=O) groups excluding carboxylic acids is 2. The van der Waals surface area contributed by atoms with E-state index in [-0.39, 0.29) is 33.2 Å². The second kappa shape index (κ2) is 13.5. The number of hydrogen-bond donors (Lipinski definition) is 1. The summed E-state index contributed by atoms with van der Waals surface area (Å²) in [6, 6.07) is 15.1. The summed E-state index contributed by atoms with van der Waals surface area (Å²) in [6.45, 7) is 6.41. The molecule has 0 heterocycles. The molecule has 0 bridgehead atoms. The standard InChI is InChI=1S/C29H32Cl2FN3O4S/c1-5-20(3)33-29(37)21(4)34(17-22-11-13-23(32)14-12-22)27(36)18-35(26-8-6-7-25(30)28(26)31)40(38,39)24-15-9-19(2)10-16-24/h6-16,20-21H,5,17-18H2,1-4H3,(H,33,37). The first kappa shape index (κ1) is 31.4. The van der Waals surface area contributed by atoms with Crippen molar-refractivity contribution < 1.29 is 22.4 Å². The Labute approximate surface area is 244 Å². The molecule has 3 aromatic carbocycles. The molecule has 1 N–H and O–H groups in total. The predicted molar refractivity (Wildman–Crippen MR) is 156 cm³/mol. The fraction of sp³-hybridized carbons (Fsp3) is 0.310. The van der Waals surface area contributed by atoms with Crippen LogP contribution in [0.25, 0.3) is 0 Å². The lowest BCUT2D eigenvalue weighted by Gasteiger charge is -2.32. The van der Waals surface area contributed by atoms with Crippen LogP contribution in [0, 0.1) is 12.7 Å². The van der Waals surface area contributed by atoms with Gasteiger partial charge in [0.05, 0.1) is 20.6 Å². The van der Waals surface area contributed by atoms with Gasteiger partial charge in [0.1, 0.15) is 18.4 Å². The Balaban J connectivity index is 2.06. The number of rotatable bonds is 11. The lowest BCUT2D eigenvalue weighted by molar-refractivity contribution is -0.139. The van der Waals surface area contributed by atoms with E-state index in [9.17, 15) is 22.4 Å². The molecule has 0 spiro atoms. The second-order valence-electron chi connectivity index (χ2n) is 9.54. The third kappa shape index (κ3) is 7.53. The monoisotopic (exact) mass is 607 g/mol. The van der Waals surface area contributed by atoms with Crippen molar-refractivity contribution in [3.8, 4) is 0 Å². The summed E-state index contributed by atoms with van der Waals surface area (Å²) in [6.07, 6.45) is 0.681. The normalized spacial score (nSPS) is 12.9. The maximum absolute atomic E-state index is 13.9. The van der Waals surface area contributed by atoms with Gasteiger partial charge in [0.15, 0.2) is 0 Å². The van der Waals surface area contributed by atoms with E-state index in [4.69, 9.17) is 23.2 Å². The van der Waals surface area contributed by atoms with Crippen molar-refractivity contribution in [3.05, 3.63) is 93.7 Å². The van der Waals surface area contributed by atoms with Crippen LogP contribution < -0.4 is 9.62 Å². The molecule has 0 aliphatic carbocycles. The lowest BCUT2D eigenvalue weighted by atomic mass is 10.1. The fourth-order valence-electron chi connectivity index (χ4n) is 3.87. The molecule has 214 valence electrons. The molecule has 2 unspecified atom stereocenters. The molecule has 3 aromatic rings. The first-order valence-electron chi connectivity index (χ1n) is 12.7. The molecule has 0 aliphatic heterocycles. The van der Waals surface area contributed by atoms with E-state index in [2.05, 4.69) is 5.32 Å². The van der Waals surface area contributed by atoms with Gasteiger partial charge in [0, 0.05) is 12.6 Å². The molecule has 0 saturated heterocycles. The Hall–Kier alpha value is -3.14. The summed E-state index contributed by atoms with van der Waals surface area (Å²) in [5.74, 6) is -1.52. The Morgan fingerprint density at radius 1 is 0.975 bits per heavy atom. The van der Waals surface area contributed by atoms with Gasteiger partial charge < -0.3 is 10.2 Å². The number of sulfonamides is 1. The molecule has 7 nitrogen and oxygen atoms in total. The number of nitrogens with one attached hydrogen (secondary N) is 1. The first-order valence-corrected chi connectivity index (χ1v) is 14.9. The number of benzene rings is 3.